The van der Waals surface area contributed by atoms with Crippen LogP contribution in [0.25, 0.3) is 0 Å². The van der Waals surface area contributed by atoms with Crippen molar-refractivity contribution in [3.8, 4) is 0 Å². The summed E-state index contributed by atoms with van der Waals surface area (Å²) < 4.78 is 27.5. The van der Waals surface area contributed by atoms with Gasteiger partial charge in [-0.15, -0.1) is 0 Å². The van der Waals surface area contributed by atoms with Gasteiger partial charge in [0.1, 0.15) is 5.78 Å². The number of unbranched alkanes of at least 4 members (excludes halogenated alkanes) is 4. The number of hydrogen-bond acceptors (Lipinski definition) is 3. The summed E-state index contributed by atoms with van der Waals surface area (Å²) in [6.45, 7) is 1.82. The summed E-state index contributed by atoms with van der Waals surface area (Å²) in [7, 11) is 0. The van der Waals surface area contributed by atoms with Gasteiger partial charge < -0.3 is 5.11 Å². The van der Waals surface area contributed by atoms with E-state index < -0.39 is 17.7 Å². The third-order valence-corrected chi connectivity index (χ3v) is 5.39. The molecule has 0 spiro atoms. The fourth-order valence-electron chi connectivity index (χ4n) is 3.75. The predicted octanol–water partition coefficient (Wildman–Crippen LogP) is 5.18. The first-order valence-electron chi connectivity index (χ1n) is 9.93. The zero-order valence-corrected chi connectivity index (χ0v) is 15.8. The number of hydrogen-bond donors (Lipinski definition) is 1. The molecule has 0 saturated heterocycles. The quantitative estimate of drug-likeness (QED) is 0.425. The molecule has 1 aliphatic carbocycles. The zero-order chi connectivity index (χ0) is 19.6. The molecule has 2 atom stereocenters. The highest BCUT2D eigenvalue weighted by Crippen LogP contribution is 2.37. The van der Waals surface area contributed by atoms with Crippen molar-refractivity contribution < 1.29 is 28.3 Å². The number of carboxylic acid groups (broad SMARTS) is 1. The number of carbonyl (C=O) groups excluding carboxylic acids is 2. The largest absolute Gasteiger partial charge is 0.481 e. The van der Waals surface area contributed by atoms with Crippen molar-refractivity contribution in [2.24, 2.45) is 11.8 Å². The standard InChI is InChI=1S/C20H32F2O4/c1-2-3-14-20(21,22)18(24)13-11-15-10-12-17(23)16(15)8-6-4-5-7-9-19(25)26/h15-16H,2-14H2,1H3,(H,25,26). The highest BCUT2D eigenvalue weighted by atomic mass is 19.3. The molecule has 0 heterocycles. The third-order valence-electron chi connectivity index (χ3n) is 5.39. The maximum absolute atomic E-state index is 13.8. The van der Waals surface area contributed by atoms with Crippen LogP contribution in [0.3, 0.4) is 0 Å². The molecule has 6 heteroatoms. The van der Waals surface area contributed by atoms with Gasteiger partial charge in [0.25, 0.3) is 0 Å². The van der Waals surface area contributed by atoms with Crippen LogP contribution >= 0.6 is 0 Å². The van der Waals surface area contributed by atoms with E-state index in [-0.39, 0.29) is 36.9 Å². The predicted molar refractivity (Wildman–Crippen MR) is 95.3 cm³/mol. The molecule has 0 radical (unpaired) electrons. The van der Waals surface area contributed by atoms with E-state index in [0.717, 1.165) is 25.7 Å². The Bertz CT molecular complexity index is 476. The van der Waals surface area contributed by atoms with Crippen molar-refractivity contribution in [3.63, 3.8) is 0 Å². The first kappa shape index (κ1) is 22.7. The van der Waals surface area contributed by atoms with Crippen molar-refractivity contribution >= 4 is 17.5 Å². The summed E-state index contributed by atoms with van der Waals surface area (Å²) in [6, 6.07) is 0. The van der Waals surface area contributed by atoms with Gasteiger partial charge in [0.05, 0.1) is 0 Å². The summed E-state index contributed by atoms with van der Waals surface area (Å²) in [6.07, 6.45) is 6.04. The summed E-state index contributed by atoms with van der Waals surface area (Å²) in [4.78, 5) is 34.3. The molecule has 0 bridgehead atoms. The maximum atomic E-state index is 13.8. The molecule has 150 valence electrons. The minimum Gasteiger partial charge on any atom is -0.481 e. The molecule has 0 amide bonds. The highest BCUT2D eigenvalue weighted by Gasteiger charge is 2.39. The molecule has 0 aromatic heterocycles. The smallest absolute Gasteiger partial charge is 0.305 e. The van der Waals surface area contributed by atoms with E-state index in [1.807, 2.05) is 6.92 Å². The number of aliphatic carboxylic acids is 1. The zero-order valence-electron chi connectivity index (χ0n) is 15.8. The molecule has 1 aliphatic rings. The molecule has 0 aromatic rings. The van der Waals surface area contributed by atoms with Gasteiger partial charge in [0, 0.05) is 31.6 Å². The van der Waals surface area contributed by atoms with Crippen LogP contribution in [0.5, 0.6) is 0 Å². The number of Topliss-reactive ketones (excluding diaryl/α,β-unsaturated/α-hetero) is 2. The third kappa shape index (κ3) is 7.92. The molecule has 1 fully saturated rings. The fourth-order valence-corrected chi connectivity index (χ4v) is 3.75. The maximum Gasteiger partial charge on any atom is 0.305 e. The molecule has 1 rings (SSSR count). The van der Waals surface area contributed by atoms with E-state index in [4.69, 9.17) is 5.11 Å². The van der Waals surface area contributed by atoms with Gasteiger partial charge in [-0.25, -0.2) is 0 Å². The lowest BCUT2D eigenvalue weighted by Gasteiger charge is -2.20. The minimum atomic E-state index is -3.24. The molecule has 4 nitrogen and oxygen atoms in total. The van der Waals surface area contributed by atoms with Crippen molar-refractivity contribution in [1.29, 1.82) is 0 Å². The molecule has 26 heavy (non-hydrogen) atoms. The van der Waals surface area contributed by atoms with E-state index in [0.29, 0.717) is 38.5 Å². The normalized spacial score (nSPS) is 20.5. The van der Waals surface area contributed by atoms with Crippen LogP contribution in [0.4, 0.5) is 8.78 Å². The fraction of sp³-hybridized carbons (Fsp3) is 0.850. The Morgan fingerprint density at radius 2 is 1.77 bits per heavy atom. The van der Waals surface area contributed by atoms with Gasteiger partial charge in [-0.1, -0.05) is 32.6 Å². The first-order valence-corrected chi connectivity index (χ1v) is 9.93. The van der Waals surface area contributed by atoms with Gasteiger partial charge in [-0.05, 0) is 38.0 Å². The number of rotatable bonds is 14. The lowest BCUT2D eigenvalue weighted by atomic mass is 9.85. The summed E-state index contributed by atoms with van der Waals surface area (Å²) in [5.74, 6) is -4.92. The number of ketones is 2. The SMILES string of the molecule is CCCCC(F)(F)C(=O)CCC1CCC(=O)C1CCCCCCC(=O)O. The molecule has 2 unspecified atom stereocenters. The van der Waals surface area contributed by atoms with Crippen LogP contribution in [0.1, 0.15) is 90.4 Å². The van der Waals surface area contributed by atoms with E-state index in [1.165, 1.54) is 0 Å². The Kier molecular flexibility index (Phi) is 9.96. The van der Waals surface area contributed by atoms with Crippen molar-refractivity contribution in [3.05, 3.63) is 0 Å². The number of alkyl halides is 2. The van der Waals surface area contributed by atoms with Crippen molar-refractivity contribution in [1.82, 2.24) is 0 Å². The van der Waals surface area contributed by atoms with E-state index in [2.05, 4.69) is 0 Å². The van der Waals surface area contributed by atoms with E-state index >= 15 is 0 Å². The van der Waals surface area contributed by atoms with Crippen molar-refractivity contribution in [2.75, 3.05) is 0 Å². The van der Waals surface area contributed by atoms with Gasteiger partial charge in [0.2, 0.25) is 5.78 Å². The number of carbonyl (C=O) groups is 3. The van der Waals surface area contributed by atoms with Crippen LogP contribution in [0.2, 0.25) is 0 Å². The van der Waals surface area contributed by atoms with Gasteiger partial charge in [-0.3, -0.25) is 14.4 Å². The van der Waals surface area contributed by atoms with E-state index in [1.54, 1.807) is 0 Å². The molecular formula is C20H32F2O4. The molecule has 1 N–H and O–H groups in total. The minimum absolute atomic E-state index is 0.0347. The second-order valence-corrected chi connectivity index (χ2v) is 7.49. The van der Waals surface area contributed by atoms with Gasteiger partial charge in [-0.2, -0.15) is 8.78 Å². The lowest BCUT2D eigenvalue weighted by Crippen LogP contribution is -2.29. The molecular weight excluding hydrogens is 342 g/mol. The Balaban J connectivity index is 2.35. The molecule has 0 aliphatic heterocycles. The lowest BCUT2D eigenvalue weighted by molar-refractivity contribution is -0.144. The van der Waals surface area contributed by atoms with Gasteiger partial charge in [0.15, 0.2) is 0 Å². The Morgan fingerprint density at radius 3 is 2.42 bits per heavy atom. The van der Waals surface area contributed by atoms with Crippen LogP contribution in [-0.4, -0.2) is 28.6 Å². The van der Waals surface area contributed by atoms with Crippen LogP contribution < -0.4 is 0 Å². The Labute approximate surface area is 154 Å². The second kappa shape index (κ2) is 11.4. The van der Waals surface area contributed by atoms with E-state index in [9.17, 15) is 23.2 Å². The van der Waals surface area contributed by atoms with Crippen LogP contribution in [-0.2, 0) is 14.4 Å². The Morgan fingerprint density at radius 1 is 1.08 bits per heavy atom. The summed E-state index contributed by atoms with van der Waals surface area (Å²) in [5.41, 5.74) is 0. The van der Waals surface area contributed by atoms with Crippen LogP contribution in [0, 0.1) is 11.8 Å². The summed E-state index contributed by atoms with van der Waals surface area (Å²) in [5, 5.41) is 8.60. The van der Waals surface area contributed by atoms with Crippen molar-refractivity contribution in [2.45, 2.75) is 96.3 Å². The molecule has 0 aromatic carbocycles. The monoisotopic (exact) mass is 374 g/mol. The average Bonchev–Trinajstić information content (AvgIpc) is 2.93. The topological polar surface area (TPSA) is 71.4 Å². The average molecular weight is 374 g/mol. The molecule has 1 saturated carbocycles. The van der Waals surface area contributed by atoms with Crippen LogP contribution in [0.15, 0.2) is 0 Å². The van der Waals surface area contributed by atoms with Gasteiger partial charge >= 0.3 is 11.9 Å². The first-order chi connectivity index (χ1) is 12.3. The second-order valence-electron chi connectivity index (χ2n) is 7.49. The summed E-state index contributed by atoms with van der Waals surface area (Å²) >= 11 is 0. The number of halogens is 2. The highest BCUT2D eigenvalue weighted by molar-refractivity contribution is 5.86. The Hall–Kier alpha value is -1.33. The number of carboxylic acids is 1.